The molecule has 0 aromatic rings. The van der Waals surface area contributed by atoms with E-state index in [0.29, 0.717) is 38.0 Å². The van der Waals surface area contributed by atoms with Gasteiger partial charge in [-0.25, -0.2) is 9.59 Å². The van der Waals surface area contributed by atoms with Gasteiger partial charge in [0.25, 0.3) is 0 Å². The van der Waals surface area contributed by atoms with Crippen LogP contribution in [0.2, 0.25) is 0 Å². The first-order valence-electron chi connectivity index (χ1n) is 11.7. The number of ether oxygens (including phenoxy) is 2. The van der Waals surface area contributed by atoms with E-state index >= 15 is 0 Å². The highest BCUT2D eigenvalue weighted by Crippen LogP contribution is 2.66. The first-order chi connectivity index (χ1) is 15.1. The maximum atomic E-state index is 12.7. The van der Waals surface area contributed by atoms with Crippen LogP contribution in [0.25, 0.3) is 0 Å². The number of alkyl halides is 6. The van der Waals surface area contributed by atoms with Gasteiger partial charge in [-0.3, -0.25) is 0 Å². The normalized spacial score (nSPS) is 43.2. The van der Waals surface area contributed by atoms with Crippen LogP contribution in [0.1, 0.15) is 71.6 Å². The Morgan fingerprint density at radius 1 is 0.758 bits per heavy atom. The molecule has 0 N–H and O–H groups in total. The standard InChI is InChI=1S/C23H30F6O4/c1-20-7-6-16-15(17(20)10-14(11-20)33-19(31)23(27,28)29)4-3-12-9-13(5-8-21(12,16)2)32-18(30)22(24,25)26/h12-17H,3-11H2,1-2H3/t12-,13-,14-,15?,16?,17?,20+,21-/m0/s1. The SMILES string of the molecule is C[C@]12CCC3C(CC[C@H]4C[C@@H](OC(=O)C(F)(F)F)CC[C@]34C)C1C[C@H](OC(=O)C(F)(F)F)C2. The second-order valence-corrected chi connectivity index (χ2v) is 11.1. The van der Waals surface area contributed by atoms with Crippen molar-refractivity contribution in [3.8, 4) is 0 Å². The molecule has 0 amide bonds. The predicted octanol–water partition coefficient (Wildman–Crippen LogP) is 5.98. The van der Waals surface area contributed by atoms with Crippen LogP contribution >= 0.6 is 0 Å². The maximum absolute atomic E-state index is 12.7. The molecule has 0 aliphatic heterocycles. The lowest BCUT2D eigenvalue weighted by Gasteiger charge is -2.60. The zero-order chi connectivity index (χ0) is 24.4. The van der Waals surface area contributed by atoms with Crippen LogP contribution in [0.5, 0.6) is 0 Å². The van der Waals surface area contributed by atoms with Crippen molar-refractivity contribution in [3.05, 3.63) is 0 Å². The molecule has 0 spiro atoms. The topological polar surface area (TPSA) is 52.6 Å². The van der Waals surface area contributed by atoms with Gasteiger partial charge in [0.2, 0.25) is 0 Å². The third kappa shape index (κ3) is 4.47. The van der Waals surface area contributed by atoms with Crippen LogP contribution in [-0.4, -0.2) is 36.5 Å². The fourth-order valence-electron chi connectivity index (χ4n) is 7.85. The van der Waals surface area contributed by atoms with Crippen molar-refractivity contribution < 1.29 is 45.4 Å². The lowest BCUT2D eigenvalue weighted by molar-refractivity contribution is -0.210. The number of hydrogen-bond acceptors (Lipinski definition) is 4. The molecule has 33 heavy (non-hydrogen) atoms. The molecule has 4 saturated carbocycles. The van der Waals surface area contributed by atoms with Gasteiger partial charge in [-0.1, -0.05) is 13.8 Å². The van der Waals surface area contributed by atoms with E-state index in [0.717, 1.165) is 25.7 Å². The van der Waals surface area contributed by atoms with E-state index < -0.39 is 36.5 Å². The summed E-state index contributed by atoms with van der Waals surface area (Å²) in [5.74, 6) is -3.37. The lowest BCUT2D eigenvalue weighted by atomic mass is 9.45. The van der Waals surface area contributed by atoms with Crippen molar-refractivity contribution >= 4 is 11.9 Å². The molecule has 10 heteroatoms. The third-order valence-electron chi connectivity index (χ3n) is 9.36. The summed E-state index contributed by atoms with van der Waals surface area (Å²) in [5.41, 5.74) is -0.285. The molecule has 8 atom stereocenters. The van der Waals surface area contributed by atoms with Crippen LogP contribution < -0.4 is 0 Å². The second-order valence-electron chi connectivity index (χ2n) is 11.1. The molecule has 0 aromatic heterocycles. The van der Waals surface area contributed by atoms with Gasteiger partial charge in [0, 0.05) is 0 Å². The Balaban J connectivity index is 1.44. The van der Waals surface area contributed by atoms with Crippen LogP contribution in [0.15, 0.2) is 0 Å². The van der Waals surface area contributed by atoms with E-state index in [1.54, 1.807) is 0 Å². The average molecular weight is 484 g/mol. The average Bonchev–Trinajstić information content (AvgIpc) is 3.02. The molecule has 0 saturated heterocycles. The Labute approximate surface area is 188 Å². The Bertz CT molecular complexity index is 795. The van der Waals surface area contributed by atoms with Gasteiger partial charge in [-0.05, 0) is 92.3 Å². The van der Waals surface area contributed by atoms with Gasteiger partial charge >= 0.3 is 24.3 Å². The first-order valence-corrected chi connectivity index (χ1v) is 11.7. The Morgan fingerprint density at radius 2 is 1.36 bits per heavy atom. The summed E-state index contributed by atoms with van der Waals surface area (Å²) >= 11 is 0. The number of hydrogen-bond donors (Lipinski definition) is 0. The summed E-state index contributed by atoms with van der Waals surface area (Å²) in [6.07, 6.45) is -5.82. The van der Waals surface area contributed by atoms with Crippen LogP contribution in [0.4, 0.5) is 26.3 Å². The fourth-order valence-corrected chi connectivity index (χ4v) is 7.85. The summed E-state index contributed by atoms with van der Waals surface area (Å²) in [6.45, 7) is 4.26. The Morgan fingerprint density at radius 3 is 1.97 bits per heavy atom. The summed E-state index contributed by atoms with van der Waals surface area (Å²) in [7, 11) is 0. The molecule has 4 aliphatic carbocycles. The summed E-state index contributed by atoms with van der Waals surface area (Å²) in [6, 6.07) is 0. The van der Waals surface area contributed by atoms with Gasteiger partial charge in [0.05, 0.1) is 0 Å². The molecule has 0 heterocycles. The maximum Gasteiger partial charge on any atom is 0.490 e. The molecule has 3 unspecified atom stereocenters. The molecule has 0 bridgehead atoms. The molecular formula is C23H30F6O4. The smallest absolute Gasteiger partial charge is 0.456 e. The molecule has 4 fully saturated rings. The number of esters is 2. The highest BCUT2D eigenvalue weighted by molar-refractivity contribution is 5.76. The molecule has 4 aliphatic rings. The molecule has 0 radical (unpaired) electrons. The van der Waals surface area contributed by atoms with Gasteiger partial charge in [-0.15, -0.1) is 0 Å². The van der Waals surface area contributed by atoms with E-state index in [1.807, 2.05) is 0 Å². The van der Waals surface area contributed by atoms with Gasteiger partial charge in [-0.2, -0.15) is 26.3 Å². The third-order valence-corrected chi connectivity index (χ3v) is 9.36. The first kappa shape index (κ1) is 24.6. The van der Waals surface area contributed by atoms with Crippen molar-refractivity contribution in [3.63, 3.8) is 0 Å². The fraction of sp³-hybridized carbons (Fsp3) is 0.913. The minimum absolute atomic E-state index is 0.105. The Kier molecular flexibility index (Phi) is 6.00. The number of rotatable bonds is 2. The number of fused-ring (bicyclic) bond motifs is 5. The van der Waals surface area contributed by atoms with Crippen LogP contribution in [0, 0.1) is 34.5 Å². The second kappa shape index (κ2) is 8.04. The molecule has 188 valence electrons. The largest absolute Gasteiger partial charge is 0.490 e. The zero-order valence-corrected chi connectivity index (χ0v) is 18.7. The highest BCUT2D eigenvalue weighted by Gasteiger charge is 2.60. The molecule has 0 aromatic carbocycles. The van der Waals surface area contributed by atoms with E-state index in [-0.39, 0.29) is 28.6 Å². The number of halogens is 6. The number of carbonyl (C=O) groups excluding carboxylic acids is 2. The quantitative estimate of drug-likeness (QED) is 0.358. The zero-order valence-electron chi connectivity index (χ0n) is 18.7. The van der Waals surface area contributed by atoms with Crippen molar-refractivity contribution in [1.82, 2.24) is 0 Å². The van der Waals surface area contributed by atoms with Crippen molar-refractivity contribution in [2.45, 2.75) is 96.2 Å². The minimum Gasteiger partial charge on any atom is -0.456 e. The monoisotopic (exact) mass is 484 g/mol. The van der Waals surface area contributed by atoms with Crippen LogP contribution in [0.3, 0.4) is 0 Å². The summed E-state index contributed by atoms with van der Waals surface area (Å²) in [5, 5.41) is 0. The van der Waals surface area contributed by atoms with Crippen molar-refractivity contribution in [1.29, 1.82) is 0 Å². The van der Waals surface area contributed by atoms with Crippen molar-refractivity contribution in [2.75, 3.05) is 0 Å². The predicted molar refractivity (Wildman–Crippen MR) is 104 cm³/mol. The summed E-state index contributed by atoms with van der Waals surface area (Å²) in [4.78, 5) is 22.6. The van der Waals surface area contributed by atoms with E-state index in [4.69, 9.17) is 9.47 Å². The molecular weight excluding hydrogens is 454 g/mol. The minimum atomic E-state index is -5.00. The van der Waals surface area contributed by atoms with Crippen LogP contribution in [-0.2, 0) is 19.1 Å². The van der Waals surface area contributed by atoms with E-state index in [9.17, 15) is 35.9 Å². The molecule has 4 nitrogen and oxygen atoms in total. The van der Waals surface area contributed by atoms with Gasteiger partial charge in [0.15, 0.2) is 0 Å². The number of carbonyl (C=O) groups is 2. The molecule has 4 rings (SSSR count). The van der Waals surface area contributed by atoms with E-state index in [1.165, 1.54) is 0 Å². The van der Waals surface area contributed by atoms with Crippen molar-refractivity contribution in [2.24, 2.45) is 34.5 Å². The van der Waals surface area contributed by atoms with E-state index in [2.05, 4.69) is 13.8 Å². The lowest BCUT2D eigenvalue weighted by Crippen LogP contribution is -2.53. The van der Waals surface area contributed by atoms with Gasteiger partial charge < -0.3 is 9.47 Å². The van der Waals surface area contributed by atoms with Gasteiger partial charge in [0.1, 0.15) is 12.2 Å². The summed E-state index contributed by atoms with van der Waals surface area (Å²) < 4.78 is 85.4. The Hall–Kier alpha value is -1.48. The highest BCUT2D eigenvalue weighted by atomic mass is 19.4.